The van der Waals surface area contributed by atoms with E-state index >= 15 is 0 Å². The van der Waals surface area contributed by atoms with Crippen molar-refractivity contribution in [3.8, 4) is 0 Å². The molecule has 100 valence electrons. The monoisotopic (exact) mass is 317 g/mol. The summed E-state index contributed by atoms with van der Waals surface area (Å²) in [5.41, 5.74) is 1.73. The van der Waals surface area contributed by atoms with Crippen molar-refractivity contribution in [3.63, 3.8) is 0 Å². The fraction of sp³-hybridized carbons (Fsp3) is 0.250. The third-order valence-corrected chi connectivity index (χ3v) is 3.96. The van der Waals surface area contributed by atoms with Gasteiger partial charge in [-0.1, -0.05) is 46.9 Å². The summed E-state index contributed by atoms with van der Waals surface area (Å²) in [4.78, 5) is 10.9. The second-order valence-corrected chi connectivity index (χ2v) is 5.06. The van der Waals surface area contributed by atoms with E-state index in [1.807, 2.05) is 6.92 Å². The first-order valence-electron chi connectivity index (χ1n) is 5.58. The highest BCUT2D eigenvalue weighted by molar-refractivity contribution is 6.44. The first-order valence-corrected chi connectivity index (χ1v) is 6.71. The molecular weight excluding hydrogens is 309 g/mol. The molecule has 7 heteroatoms. The molecule has 0 saturated heterocycles. The van der Waals surface area contributed by atoms with Crippen molar-refractivity contribution >= 4 is 41.1 Å². The van der Waals surface area contributed by atoms with Gasteiger partial charge in [0.05, 0.1) is 22.3 Å². The van der Waals surface area contributed by atoms with Crippen LogP contribution in [0.4, 0.5) is 0 Å². The van der Waals surface area contributed by atoms with Crippen molar-refractivity contribution in [2.24, 2.45) is 0 Å². The van der Waals surface area contributed by atoms with Crippen LogP contribution in [0, 0.1) is 0 Å². The summed E-state index contributed by atoms with van der Waals surface area (Å²) < 4.78 is 1.60. The summed E-state index contributed by atoms with van der Waals surface area (Å²) in [6.07, 6.45) is 1.32. The SMILES string of the molecule is CCc1c(C=O)nnn1Cc1c(Cl)ccc(Cl)c1Cl. The lowest BCUT2D eigenvalue weighted by Crippen LogP contribution is -2.07. The zero-order valence-electron chi connectivity index (χ0n) is 10.0. The minimum atomic E-state index is 0.322. The molecule has 2 rings (SSSR count). The van der Waals surface area contributed by atoms with Gasteiger partial charge in [-0.3, -0.25) is 4.79 Å². The van der Waals surface area contributed by atoms with Gasteiger partial charge in [-0.25, -0.2) is 4.68 Å². The van der Waals surface area contributed by atoms with Crippen molar-refractivity contribution in [1.82, 2.24) is 15.0 Å². The van der Waals surface area contributed by atoms with E-state index in [2.05, 4.69) is 10.3 Å². The second kappa shape index (κ2) is 5.90. The molecule has 1 aromatic heterocycles. The predicted octanol–water partition coefficient (Wildman–Crippen LogP) is 3.66. The first kappa shape index (κ1) is 14.3. The quantitative estimate of drug-likeness (QED) is 0.638. The smallest absolute Gasteiger partial charge is 0.172 e. The topological polar surface area (TPSA) is 47.8 Å². The molecule has 2 aromatic rings. The minimum absolute atomic E-state index is 0.322. The molecule has 0 aliphatic rings. The fourth-order valence-corrected chi connectivity index (χ4v) is 2.46. The number of nitrogens with zero attached hydrogens (tertiary/aromatic N) is 3. The number of benzene rings is 1. The molecule has 19 heavy (non-hydrogen) atoms. The normalized spacial score (nSPS) is 10.7. The van der Waals surface area contributed by atoms with E-state index in [0.29, 0.717) is 45.6 Å². The molecule has 1 aromatic carbocycles. The average molecular weight is 319 g/mol. The van der Waals surface area contributed by atoms with Gasteiger partial charge in [0.15, 0.2) is 6.29 Å². The van der Waals surface area contributed by atoms with Gasteiger partial charge in [0.25, 0.3) is 0 Å². The van der Waals surface area contributed by atoms with Crippen molar-refractivity contribution in [1.29, 1.82) is 0 Å². The van der Waals surface area contributed by atoms with Crippen LogP contribution in [0.1, 0.15) is 28.7 Å². The Hall–Kier alpha value is -1.10. The van der Waals surface area contributed by atoms with Gasteiger partial charge < -0.3 is 0 Å². The first-order chi connectivity index (χ1) is 9.08. The molecule has 0 aliphatic carbocycles. The summed E-state index contributed by atoms with van der Waals surface area (Å²) in [5, 5.41) is 9.06. The Labute approximate surface area is 125 Å². The van der Waals surface area contributed by atoms with Crippen molar-refractivity contribution in [2.45, 2.75) is 19.9 Å². The Morgan fingerprint density at radius 1 is 1.26 bits per heavy atom. The van der Waals surface area contributed by atoms with E-state index in [-0.39, 0.29) is 0 Å². The van der Waals surface area contributed by atoms with Gasteiger partial charge in [-0.05, 0) is 18.6 Å². The van der Waals surface area contributed by atoms with Crippen molar-refractivity contribution in [2.75, 3.05) is 0 Å². The molecule has 0 saturated carbocycles. The van der Waals surface area contributed by atoms with E-state index in [1.54, 1.807) is 16.8 Å². The van der Waals surface area contributed by atoms with Crippen LogP contribution in [-0.4, -0.2) is 21.3 Å². The maximum absolute atomic E-state index is 10.9. The lowest BCUT2D eigenvalue weighted by molar-refractivity contribution is 0.111. The van der Waals surface area contributed by atoms with Crippen molar-refractivity contribution in [3.05, 3.63) is 44.2 Å². The molecule has 0 aliphatic heterocycles. The Bertz CT molecular complexity index is 625. The lowest BCUT2D eigenvalue weighted by atomic mass is 10.2. The molecule has 0 fully saturated rings. The zero-order valence-corrected chi connectivity index (χ0v) is 12.3. The fourth-order valence-electron chi connectivity index (χ4n) is 1.79. The van der Waals surface area contributed by atoms with Gasteiger partial charge in [0.1, 0.15) is 5.69 Å². The summed E-state index contributed by atoms with van der Waals surface area (Å²) in [6.45, 7) is 2.24. The number of carbonyl (C=O) groups is 1. The van der Waals surface area contributed by atoms with Gasteiger partial charge in [-0.15, -0.1) is 5.10 Å². The number of aldehydes is 1. The molecule has 0 atom stereocenters. The summed E-state index contributed by atoms with van der Waals surface area (Å²) in [7, 11) is 0. The van der Waals surface area contributed by atoms with Crippen LogP contribution < -0.4 is 0 Å². The Kier molecular flexibility index (Phi) is 4.45. The molecule has 4 nitrogen and oxygen atoms in total. The Balaban J connectivity index is 2.44. The number of hydrogen-bond acceptors (Lipinski definition) is 3. The summed E-state index contributed by atoms with van der Waals surface area (Å²) in [6, 6.07) is 3.31. The third kappa shape index (κ3) is 2.76. The number of aromatic nitrogens is 3. The average Bonchev–Trinajstić information content (AvgIpc) is 2.81. The standard InChI is InChI=1S/C12H10Cl3N3O/c1-2-11-10(6-19)16-17-18(11)5-7-8(13)3-4-9(14)12(7)15/h3-4,6H,2,5H2,1H3. The lowest BCUT2D eigenvalue weighted by Gasteiger charge is -2.10. The summed E-state index contributed by atoms with van der Waals surface area (Å²) >= 11 is 18.2. The summed E-state index contributed by atoms with van der Waals surface area (Å²) in [5.74, 6) is 0. The van der Waals surface area contributed by atoms with Crippen LogP contribution in [0.15, 0.2) is 12.1 Å². The van der Waals surface area contributed by atoms with Crippen LogP contribution in [0.3, 0.4) is 0 Å². The molecule has 0 radical (unpaired) electrons. The molecule has 1 heterocycles. The van der Waals surface area contributed by atoms with Crippen LogP contribution in [-0.2, 0) is 13.0 Å². The minimum Gasteiger partial charge on any atom is -0.296 e. The van der Waals surface area contributed by atoms with E-state index in [0.717, 1.165) is 5.69 Å². The maximum atomic E-state index is 10.9. The zero-order chi connectivity index (χ0) is 14.0. The number of carbonyl (C=O) groups excluding carboxylic acids is 1. The van der Waals surface area contributed by atoms with Gasteiger partial charge in [0.2, 0.25) is 0 Å². The van der Waals surface area contributed by atoms with Crippen LogP contribution in [0.2, 0.25) is 15.1 Å². The molecular formula is C12H10Cl3N3O. The van der Waals surface area contributed by atoms with Crippen LogP contribution >= 0.6 is 34.8 Å². The largest absolute Gasteiger partial charge is 0.296 e. The Morgan fingerprint density at radius 2 is 1.95 bits per heavy atom. The number of halogens is 3. The van der Waals surface area contributed by atoms with Gasteiger partial charge >= 0.3 is 0 Å². The predicted molar refractivity (Wildman–Crippen MR) is 75.4 cm³/mol. The molecule has 0 spiro atoms. The van der Waals surface area contributed by atoms with Crippen LogP contribution in [0.5, 0.6) is 0 Å². The molecule has 0 amide bonds. The third-order valence-electron chi connectivity index (χ3n) is 2.76. The highest BCUT2D eigenvalue weighted by Crippen LogP contribution is 2.32. The van der Waals surface area contributed by atoms with E-state index in [9.17, 15) is 4.79 Å². The molecule has 0 unspecified atom stereocenters. The number of rotatable bonds is 4. The van der Waals surface area contributed by atoms with Gasteiger partial charge in [0, 0.05) is 10.6 Å². The maximum Gasteiger partial charge on any atom is 0.172 e. The number of hydrogen-bond donors (Lipinski definition) is 0. The van der Waals surface area contributed by atoms with E-state index < -0.39 is 0 Å². The molecule has 0 N–H and O–H groups in total. The molecule has 0 bridgehead atoms. The van der Waals surface area contributed by atoms with Gasteiger partial charge in [-0.2, -0.15) is 0 Å². The highest BCUT2D eigenvalue weighted by Gasteiger charge is 2.15. The second-order valence-electron chi connectivity index (χ2n) is 3.87. The van der Waals surface area contributed by atoms with Crippen LogP contribution in [0.25, 0.3) is 0 Å². The van der Waals surface area contributed by atoms with Crippen molar-refractivity contribution < 1.29 is 4.79 Å². The van der Waals surface area contributed by atoms with E-state index in [1.165, 1.54) is 0 Å². The Morgan fingerprint density at radius 3 is 2.58 bits per heavy atom. The van der Waals surface area contributed by atoms with E-state index in [4.69, 9.17) is 34.8 Å². The highest BCUT2D eigenvalue weighted by atomic mass is 35.5.